The molecule has 0 saturated heterocycles. The van der Waals surface area contributed by atoms with Crippen LogP contribution in [0, 0.1) is 0 Å². The van der Waals surface area contributed by atoms with Gasteiger partial charge >= 0.3 is 0 Å². The number of nitrogens with zero attached hydrogens (tertiary/aromatic N) is 1. The quantitative estimate of drug-likeness (QED) is 0.571. The fourth-order valence-corrected chi connectivity index (χ4v) is 3.04. The molecule has 0 spiro atoms. The van der Waals surface area contributed by atoms with Crippen molar-refractivity contribution in [2.24, 2.45) is 0 Å². The minimum atomic E-state index is -0.825. The summed E-state index contributed by atoms with van der Waals surface area (Å²) in [5.74, 6) is -0.596. The molecule has 1 atom stereocenters. The van der Waals surface area contributed by atoms with Crippen molar-refractivity contribution < 1.29 is 14.3 Å². The average molecular weight is 424 g/mol. The van der Waals surface area contributed by atoms with Gasteiger partial charge in [0.05, 0.1) is 11.6 Å². The summed E-state index contributed by atoms with van der Waals surface area (Å²) < 4.78 is 5.35. The number of ether oxygens (including phenoxy) is 1. The molecule has 0 aliphatic carbocycles. The molecule has 1 unspecified atom stereocenters. The van der Waals surface area contributed by atoms with Crippen LogP contribution in [0.5, 0.6) is 5.88 Å². The predicted molar refractivity (Wildman–Crippen MR) is 117 cm³/mol. The summed E-state index contributed by atoms with van der Waals surface area (Å²) in [4.78, 5) is 30.0. The van der Waals surface area contributed by atoms with Crippen molar-refractivity contribution in [3.63, 3.8) is 0 Å². The molecule has 2 amide bonds. The van der Waals surface area contributed by atoms with Gasteiger partial charge in [-0.1, -0.05) is 60.1 Å². The second-order valence-corrected chi connectivity index (χ2v) is 6.89. The largest absolute Gasteiger partial charge is 0.478 e. The molecule has 0 fully saturated rings. The number of hydrogen-bond acceptors (Lipinski definition) is 4. The van der Waals surface area contributed by atoms with Crippen LogP contribution in [0.15, 0.2) is 72.8 Å². The standard InChI is InChI=1S/C23H22ClN3O3/c1-2-30-20-14-13-18(24)21(27-20)23(29)26-19(15-16-9-5-3-6-10-16)22(28)25-17-11-7-4-8-12-17/h3-14,19H,2,15H2,1H3,(H,25,28)(H,26,29). The van der Waals surface area contributed by atoms with E-state index < -0.39 is 11.9 Å². The SMILES string of the molecule is CCOc1ccc(Cl)c(C(=O)NC(Cc2ccccc2)C(=O)Nc2ccccc2)n1. The first-order valence-electron chi connectivity index (χ1n) is 9.57. The summed E-state index contributed by atoms with van der Waals surface area (Å²) in [7, 11) is 0. The molecule has 1 heterocycles. The smallest absolute Gasteiger partial charge is 0.272 e. The molecule has 30 heavy (non-hydrogen) atoms. The Morgan fingerprint density at radius 1 is 1.00 bits per heavy atom. The molecule has 0 aliphatic rings. The van der Waals surface area contributed by atoms with E-state index in [0.29, 0.717) is 24.6 Å². The van der Waals surface area contributed by atoms with E-state index >= 15 is 0 Å². The van der Waals surface area contributed by atoms with Crippen molar-refractivity contribution in [1.29, 1.82) is 0 Å². The Hall–Kier alpha value is -3.38. The molecular formula is C23H22ClN3O3. The van der Waals surface area contributed by atoms with Crippen LogP contribution in [0.2, 0.25) is 5.02 Å². The second-order valence-electron chi connectivity index (χ2n) is 6.48. The number of carbonyl (C=O) groups is 2. The van der Waals surface area contributed by atoms with Crippen molar-refractivity contribution in [3.8, 4) is 5.88 Å². The molecule has 0 aliphatic heterocycles. The van der Waals surface area contributed by atoms with Crippen LogP contribution in [0.4, 0.5) is 5.69 Å². The van der Waals surface area contributed by atoms with Crippen molar-refractivity contribution in [2.45, 2.75) is 19.4 Å². The van der Waals surface area contributed by atoms with E-state index in [1.54, 1.807) is 24.3 Å². The highest BCUT2D eigenvalue weighted by Crippen LogP contribution is 2.19. The number of aromatic nitrogens is 1. The summed E-state index contributed by atoms with van der Waals surface area (Å²) in [5.41, 5.74) is 1.56. The summed E-state index contributed by atoms with van der Waals surface area (Å²) in [5, 5.41) is 5.77. The van der Waals surface area contributed by atoms with Gasteiger partial charge in [0.25, 0.3) is 5.91 Å². The summed E-state index contributed by atoms with van der Waals surface area (Å²) in [6.07, 6.45) is 0.314. The Labute approximate surface area is 180 Å². The lowest BCUT2D eigenvalue weighted by Gasteiger charge is -2.19. The van der Waals surface area contributed by atoms with Gasteiger partial charge < -0.3 is 15.4 Å². The first-order valence-corrected chi connectivity index (χ1v) is 9.94. The molecular weight excluding hydrogens is 402 g/mol. The molecule has 7 heteroatoms. The number of hydrogen-bond donors (Lipinski definition) is 2. The van der Waals surface area contributed by atoms with E-state index in [1.807, 2.05) is 55.5 Å². The highest BCUT2D eigenvalue weighted by atomic mass is 35.5. The molecule has 6 nitrogen and oxygen atoms in total. The molecule has 0 bridgehead atoms. The van der Waals surface area contributed by atoms with Gasteiger partial charge in [-0.25, -0.2) is 4.98 Å². The predicted octanol–water partition coefficient (Wildman–Crippen LogP) is 4.11. The van der Waals surface area contributed by atoms with Crippen LogP contribution in [-0.4, -0.2) is 29.4 Å². The first kappa shape index (κ1) is 21.3. The number of para-hydroxylation sites is 1. The number of nitrogens with one attached hydrogen (secondary N) is 2. The van der Waals surface area contributed by atoms with Gasteiger partial charge in [-0.3, -0.25) is 9.59 Å². The van der Waals surface area contributed by atoms with Gasteiger partial charge in [0.1, 0.15) is 6.04 Å². The van der Waals surface area contributed by atoms with E-state index in [-0.39, 0.29) is 16.6 Å². The molecule has 3 rings (SSSR count). The number of benzene rings is 2. The molecule has 0 radical (unpaired) electrons. The highest BCUT2D eigenvalue weighted by Gasteiger charge is 2.24. The lowest BCUT2D eigenvalue weighted by atomic mass is 10.0. The Bertz CT molecular complexity index is 997. The van der Waals surface area contributed by atoms with Crippen LogP contribution in [-0.2, 0) is 11.2 Å². The van der Waals surface area contributed by atoms with E-state index in [9.17, 15) is 9.59 Å². The van der Waals surface area contributed by atoms with E-state index in [1.165, 1.54) is 0 Å². The zero-order valence-electron chi connectivity index (χ0n) is 16.5. The molecule has 2 N–H and O–H groups in total. The zero-order valence-corrected chi connectivity index (χ0v) is 17.2. The highest BCUT2D eigenvalue weighted by molar-refractivity contribution is 6.33. The number of anilines is 1. The van der Waals surface area contributed by atoms with Crippen LogP contribution in [0.3, 0.4) is 0 Å². The maximum Gasteiger partial charge on any atom is 0.272 e. The van der Waals surface area contributed by atoms with Crippen LogP contribution < -0.4 is 15.4 Å². The Balaban J connectivity index is 1.81. The second kappa shape index (κ2) is 10.4. The lowest BCUT2D eigenvalue weighted by molar-refractivity contribution is -0.118. The van der Waals surface area contributed by atoms with Crippen LogP contribution in [0.1, 0.15) is 23.0 Å². The van der Waals surface area contributed by atoms with Crippen molar-refractivity contribution in [2.75, 3.05) is 11.9 Å². The van der Waals surface area contributed by atoms with E-state index in [2.05, 4.69) is 15.6 Å². The van der Waals surface area contributed by atoms with Gasteiger partial charge in [-0.15, -0.1) is 0 Å². The number of rotatable bonds is 8. The van der Waals surface area contributed by atoms with E-state index in [0.717, 1.165) is 5.56 Å². The topological polar surface area (TPSA) is 80.3 Å². The van der Waals surface area contributed by atoms with Crippen molar-refractivity contribution in [1.82, 2.24) is 10.3 Å². The maximum absolute atomic E-state index is 12.9. The first-order chi connectivity index (χ1) is 14.6. The Morgan fingerprint density at radius 2 is 1.67 bits per heavy atom. The van der Waals surface area contributed by atoms with Gasteiger partial charge in [0.2, 0.25) is 11.8 Å². The zero-order chi connectivity index (χ0) is 21.3. The lowest BCUT2D eigenvalue weighted by Crippen LogP contribution is -2.45. The van der Waals surface area contributed by atoms with Crippen LogP contribution >= 0.6 is 11.6 Å². The molecule has 3 aromatic rings. The number of halogens is 1. The minimum Gasteiger partial charge on any atom is -0.478 e. The molecule has 154 valence electrons. The van der Waals surface area contributed by atoms with Gasteiger partial charge in [0, 0.05) is 18.2 Å². The van der Waals surface area contributed by atoms with E-state index in [4.69, 9.17) is 16.3 Å². The third-order valence-corrected chi connectivity index (χ3v) is 4.58. The number of carbonyl (C=O) groups excluding carboxylic acids is 2. The summed E-state index contributed by atoms with van der Waals surface area (Å²) in [6, 6.07) is 20.8. The van der Waals surface area contributed by atoms with Gasteiger partial charge in [-0.2, -0.15) is 0 Å². The normalized spacial score (nSPS) is 11.4. The number of amides is 2. The fourth-order valence-electron chi connectivity index (χ4n) is 2.85. The number of pyridine rings is 1. The summed E-state index contributed by atoms with van der Waals surface area (Å²) >= 11 is 6.16. The third-order valence-electron chi connectivity index (χ3n) is 4.27. The maximum atomic E-state index is 12.9. The minimum absolute atomic E-state index is 0.00758. The van der Waals surface area contributed by atoms with Gasteiger partial charge in [0.15, 0.2) is 5.69 Å². The average Bonchev–Trinajstić information content (AvgIpc) is 2.76. The van der Waals surface area contributed by atoms with Gasteiger partial charge in [-0.05, 0) is 30.7 Å². The molecule has 1 aromatic heterocycles. The fraction of sp³-hybridized carbons (Fsp3) is 0.174. The van der Waals surface area contributed by atoms with Crippen LogP contribution in [0.25, 0.3) is 0 Å². The van der Waals surface area contributed by atoms with Crippen molar-refractivity contribution in [3.05, 3.63) is 89.1 Å². The Morgan fingerprint density at radius 3 is 2.33 bits per heavy atom. The monoisotopic (exact) mass is 423 g/mol. The summed E-state index contributed by atoms with van der Waals surface area (Å²) in [6.45, 7) is 2.23. The molecule has 0 saturated carbocycles. The third kappa shape index (κ3) is 5.81. The van der Waals surface area contributed by atoms with Crippen molar-refractivity contribution >= 4 is 29.1 Å². The Kier molecular flexibility index (Phi) is 7.40. The molecule has 2 aromatic carbocycles.